The smallest absolute Gasteiger partial charge is 0.337 e. The van der Waals surface area contributed by atoms with Crippen LogP contribution in [-0.4, -0.2) is 118 Å². The number of esters is 1. The lowest BCUT2D eigenvalue weighted by atomic mass is 9.85. The van der Waals surface area contributed by atoms with Crippen molar-refractivity contribution in [1.82, 2.24) is 9.80 Å². The molecule has 4 atom stereocenters. The van der Waals surface area contributed by atoms with Crippen molar-refractivity contribution in [3.63, 3.8) is 0 Å². The highest BCUT2D eigenvalue weighted by Crippen LogP contribution is 2.45. The molecule has 0 radical (unpaired) electrons. The number of carbonyl (C=O) groups excluding carboxylic acids is 1. The van der Waals surface area contributed by atoms with Gasteiger partial charge in [-0.3, -0.25) is 9.59 Å². The standard InChI is InChI=1S/C23H21ClFNO6.C21H20ClNO5.C2H3FO2/c1-26-7-6-13(19(11-26)31-20(30)10-25)21-15(27)8-16(28)22-17(29)9-18(32-23(21)22)12-4-2-3-5-14(12)24;1-23-7-6-12(17(27)10-23)19-14(24)8-15(25)20-16(26)9-18(28-21(19)20)11-4-2-3-5-13(11)22;3-1-2(4)5/h2-5,8-9,13,19,27-28H,6-7,10-11H2,1H3;2-5,8-9,12,17,24-25,27H,6-7,10H2,1H3;1H2,(H,4,5)/t13-,19+;12-,17+;/m00./s1. The fraction of sp³-hybridized carbons (Fsp3) is 0.304. The number of nitrogens with zero attached hydrogens (tertiary/aromatic N) is 2. The maximum atomic E-state index is 12.9. The molecule has 0 unspecified atom stereocenters. The number of halogens is 4. The summed E-state index contributed by atoms with van der Waals surface area (Å²) in [7, 11) is 3.74. The summed E-state index contributed by atoms with van der Waals surface area (Å²) in [6, 6.07) is 18.4. The Morgan fingerprint density at radius 3 is 1.55 bits per heavy atom. The average Bonchev–Trinajstić information content (AvgIpc) is 3.25. The van der Waals surface area contributed by atoms with E-state index >= 15 is 0 Å². The molecule has 344 valence electrons. The number of benzene rings is 4. The van der Waals surface area contributed by atoms with Crippen LogP contribution in [0.25, 0.3) is 44.6 Å². The number of carboxylic acids is 1. The Morgan fingerprint density at radius 1 is 0.692 bits per heavy atom. The lowest BCUT2D eigenvalue weighted by Crippen LogP contribution is -2.43. The molecule has 0 bridgehead atoms. The van der Waals surface area contributed by atoms with E-state index in [2.05, 4.69) is 0 Å². The zero-order valence-electron chi connectivity index (χ0n) is 34.8. The van der Waals surface area contributed by atoms with E-state index in [0.717, 1.165) is 18.7 Å². The van der Waals surface area contributed by atoms with Gasteiger partial charge in [0.15, 0.2) is 24.2 Å². The Morgan fingerprint density at radius 2 is 1.12 bits per heavy atom. The van der Waals surface area contributed by atoms with Crippen LogP contribution in [0.3, 0.4) is 0 Å². The number of rotatable bonds is 7. The quantitative estimate of drug-likeness (QED) is 0.0872. The molecule has 4 heterocycles. The molecule has 0 aliphatic carbocycles. The number of aliphatic carboxylic acids is 1. The number of fused-ring (bicyclic) bond motifs is 2. The van der Waals surface area contributed by atoms with Crippen LogP contribution in [-0.2, 0) is 14.3 Å². The van der Waals surface area contributed by atoms with Gasteiger partial charge in [0.25, 0.3) is 0 Å². The van der Waals surface area contributed by atoms with Crippen LogP contribution in [0, 0.1) is 0 Å². The summed E-state index contributed by atoms with van der Waals surface area (Å²) in [6.07, 6.45) is -0.518. The maximum Gasteiger partial charge on any atom is 0.337 e. The molecule has 6 N–H and O–H groups in total. The van der Waals surface area contributed by atoms with Gasteiger partial charge in [-0.15, -0.1) is 0 Å². The zero-order chi connectivity index (χ0) is 47.3. The Bertz CT molecular complexity index is 2860. The second-order valence-corrected chi connectivity index (χ2v) is 16.4. The third-order valence-corrected chi connectivity index (χ3v) is 11.7. The number of hydrogen-bond acceptors (Lipinski definition) is 14. The van der Waals surface area contributed by atoms with Crippen LogP contribution in [0.5, 0.6) is 23.0 Å². The van der Waals surface area contributed by atoms with Crippen molar-refractivity contribution in [1.29, 1.82) is 0 Å². The molecule has 6 aromatic rings. The molecule has 0 amide bonds. The number of phenolic OH excluding ortho intramolecular Hbond substituents is 4. The summed E-state index contributed by atoms with van der Waals surface area (Å²) >= 11 is 12.5. The first-order chi connectivity index (χ1) is 30.9. The SMILES string of the molecule is CN1CC[C@H](c2c(O)cc(O)c3c(=O)cc(-c4ccccc4Cl)oc23)[C@H](O)C1.CN1CC[C@H](c2c(O)cc(O)c3c(=O)cc(-c4ccccc4Cl)oc23)[C@H](OC(=O)CF)C1.O=C(O)CF. The highest BCUT2D eigenvalue weighted by molar-refractivity contribution is 6.33. The van der Waals surface area contributed by atoms with Crippen LogP contribution in [0.2, 0.25) is 10.0 Å². The Balaban J connectivity index is 0.000000197. The molecule has 65 heavy (non-hydrogen) atoms. The number of piperidine rings is 2. The Hall–Kier alpha value is -6.24. The van der Waals surface area contributed by atoms with E-state index in [9.17, 15) is 48.7 Å². The fourth-order valence-electron chi connectivity index (χ4n) is 8.09. The van der Waals surface area contributed by atoms with Crippen molar-refractivity contribution in [3.05, 3.63) is 114 Å². The zero-order valence-corrected chi connectivity index (χ0v) is 36.4. The Labute approximate surface area is 378 Å². The van der Waals surface area contributed by atoms with Crippen LogP contribution >= 0.6 is 23.2 Å². The molecular weight excluding hydrogens is 897 g/mol. The van der Waals surface area contributed by atoms with Crippen LogP contribution in [0.4, 0.5) is 8.78 Å². The minimum Gasteiger partial charge on any atom is -0.507 e. The molecule has 2 aromatic heterocycles. The summed E-state index contributed by atoms with van der Waals surface area (Å²) in [6.45, 7) is -0.503. The van der Waals surface area contributed by atoms with Gasteiger partial charge in [-0.1, -0.05) is 47.5 Å². The molecule has 0 spiro atoms. The molecule has 2 saturated heterocycles. The van der Waals surface area contributed by atoms with Gasteiger partial charge in [-0.2, -0.15) is 0 Å². The van der Waals surface area contributed by atoms with E-state index in [1.165, 1.54) is 12.1 Å². The first-order valence-corrected chi connectivity index (χ1v) is 20.8. The molecule has 19 heteroatoms. The summed E-state index contributed by atoms with van der Waals surface area (Å²) in [5.41, 5.74) is 0.622. The fourth-order valence-corrected chi connectivity index (χ4v) is 8.55. The average molecular weight is 942 g/mol. The second kappa shape index (κ2) is 20.7. The molecule has 4 aromatic carbocycles. The number of aliphatic hydroxyl groups excluding tert-OH is 1. The number of likely N-dealkylation sites (tertiary alicyclic amines) is 2. The molecule has 8 rings (SSSR count). The third kappa shape index (κ3) is 10.7. The number of ether oxygens (including phenoxy) is 1. The maximum absolute atomic E-state index is 12.9. The minimum atomic E-state index is -1.41. The molecule has 2 aliphatic rings. The van der Waals surface area contributed by atoms with E-state index in [0.29, 0.717) is 59.2 Å². The van der Waals surface area contributed by atoms with Gasteiger partial charge in [0.1, 0.15) is 62.6 Å². The van der Waals surface area contributed by atoms with E-state index in [1.54, 1.807) is 48.5 Å². The predicted octanol–water partition coefficient (Wildman–Crippen LogP) is 7.17. The van der Waals surface area contributed by atoms with E-state index in [-0.39, 0.29) is 56.3 Å². The monoisotopic (exact) mass is 940 g/mol. The number of aliphatic hydroxyl groups is 1. The summed E-state index contributed by atoms with van der Waals surface area (Å²) < 4.78 is 40.7. The van der Waals surface area contributed by atoms with Crippen molar-refractivity contribution < 1.29 is 62.6 Å². The van der Waals surface area contributed by atoms with Gasteiger partial charge in [0.2, 0.25) is 0 Å². The van der Waals surface area contributed by atoms with Gasteiger partial charge < -0.3 is 54.0 Å². The molecule has 15 nitrogen and oxygen atoms in total. The van der Waals surface area contributed by atoms with Crippen molar-refractivity contribution in [3.8, 4) is 45.6 Å². The van der Waals surface area contributed by atoms with Crippen molar-refractivity contribution in [2.45, 2.75) is 36.9 Å². The second-order valence-electron chi connectivity index (χ2n) is 15.5. The number of phenols is 4. The number of β-amino-alcohol motifs (C(OH)–C–C–N with tert-alkyl or cyclic N) is 1. The normalized spacial score (nSPS) is 18.9. The molecular formula is C46H44Cl2F2N2O13. The summed E-state index contributed by atoms with van der Waals surface area (Å²) in [5.74, 6) is -4.38. The largest absolute Gasteiger partial charge is 0.507 e. The molecule has 2 aliphatic heterocycles. The van der Waals surface area contributed by atoms with Crippen LogP contribution < -0.4 is 10.9 Å². The number of hydrogen-bond donors (Lipinski definition) is 6. The van der Waals surface area contributed by atoms with Crippen LogP contribution in [0.15, 0.2) is 91.2 Å². The van der Waals surface area contributed by atoms with E-state index in [1.807, 2.05) is 23.9 Å². The first-order valence-electron chi connectivity index (χ1n) is 20.1. The first kappa shape index (κ1) is 48.2. The Kier molecular flexibility index (Phi) is 15.4. The number of likely N-dealkylation sites (N-methyl/N-ethyl adjacent to an activating group) is 2. The van der Waals surface area contributed by atoms with Gasteiger partial charge in [-0.05, 0) is 64.3 Å². The van der Waals surface area contributed by atoms with Gasteiger partial charge in [0, 0.05) is 71.4 Å². The number of carboxylic acid groups (broad SMARTS) is 1. The van der Waals surface area contributed by atoms with Gasteiger partial charge >= 0.3 is 11.9 Å². The van der Waals surface area contributed by atoms with E-state index in [4.69, 9.17) is 46.7 Å². The number of carbonyl (C=O) groups is 2. The van der Waals surface area contributed by atoms with Crippen molar-refractivity contribution in [2.24, 2.45) is 0 Å². The number of aromatic hydroxyl groups is 4. The highest BCUT2D eigenvalue weighted by Gasteiger charge is 2.37. The lowest BCUT2D eigenvalue weighted by molar-refractivity contribution is -0.153. The lowest BCUT2D eigenvalue weighted by Gasteiger charge is -2.36. The predicted molar refractivity (Wildman–Crippen MR) is 238 cm³/mol. The van der Waals surface area contributed by atoms with Gasteiger partial charge in [-0.25, -0.2) is 18.4 Å². The van der Waals surface area contributed by atoms with Crippen molar-refractivity contribution >= 4 is 57.1 Å². The number of alkyl halides is 2. The van der Waals surface area contributed by atoms with Gasteiger partial charge in [0.05, 0.1) is 16.1 Å². The third-order valence-electron chi connectivity index (χ3n) is 11.1. The molecule has 0 saturated carbocycles. The topological polar surface area (TPSA) is 232 Å². The highest BCUT2D eigenvalue weighted by atomic mass is 35.5. The van der Waals surface area contributed by atoms with E-state index < -0.39 is 65.9 Å². The summed E-state index contributed by atoms with van der Waals surface area (Å²) in [5, 5.41) is 60.5. The molecule has 2 fully saturated rings. The van der Waals surface area contributed by atoms with Crippen LogP contribution in [0.1, 0.15) is 35.8 Å². The van der Waals surface area contributed by atoms with Crippen molar-refractivity contribution in [2.75, 3.05) is 53.6 Å². The minimum absolute atomic E-state index is 0.0188. The summed E-state index contributed by atoms with van der Waals surface area (Å²) in [4.78, 5) is 50.3.